The van der Waals surface area contributed by atoms with Gasteiger partial charge in [-0.15, -0.1) is 13.2 Å². The molecule has 3 aromatic carbocycles. The third-order valence-corrected chi connectivity index (χ3v) is 8.26. The number of H-pyrrole nitrogens is 1. The molecule has 0 aliphatic carbocycles. The number of aromatic amines is 1. The summed E-state index contributed by atoms with van der Waals surface area (Å²) in [5.41, 5.74) is 3.64. The van der Waals surface area contributed by atoms with Crippen molar-refractivity contribution in [3.05, 3.63) is 133 Å². The summed E-state index contributed by atoms with van der Waals surface area (Å²) in [7, 11) is 0. The van der Waals surface area contributed by atoms with Crippen molar-refractivity contribution in [2.24, 2.45) is 11.8 Å². The molecule has 4 atom stereocenters. The van der Waals surface area contributed by atoms with Crippen molar-refractivity contribution in [3.63, 3.8) is 0 Å². The number of aromatic nitrogens is 1. The van der Waals surface area contributed by atoms with Gasteiger partial charge in [-0.3, -0.25) is 14.4 Å². The maximum absolute atomic E-state index is 13.7. The highest BCUT2D eigenvalue weighted by molar-refractivity contribution is 5.87. The van der Waals surface area contributed by atoms with Crippen LogP contribution >= 0.6 is 0 Å². The molecule has 0 spiro atoms. The van der Waals surface area contributed by atoms with Crippen LogP contribution < -0.4 is 10.6 Å². The lowest BCUT2D eigenvalue weighted by Crippen LogP contribution is -2.45. The van der Waals surface area contributed by atoms with Gasteiger partial charge >= 0.3 is 5.97 Å². The van der Waals surface area contributed by atoms with Gasteiger partial charge in [0.05, 0.1) is 30.5 Å². The third kappa shape index (κ3) is 10.8. The van der Waals surface area contributed by atoms with Gasteiger partial charge in [-0.1, -0.05) is 72.8 Å². The van der Waals surface area contributed by atoms with Crippen LogP contribution in [0.25, 0.3) is 10.9 Å². The number of esters is 1. The average molecular weight is 654 g/mol. The molecule has 48 heavy (non-hydrogen) atoms. The lowest BCUT2D eigenvalue weighted by Gasteiger charge is -2.24. The molecule has 252 valence electrons. The molecule has 0 aliphatic rings. The van der Waals surface area contributed by atoms with Gasteiger partial charge in [0.1, 0.15) is 12.4 Å². The molecule has 0 radical (unpaired) electrons. The van der Waals surface area contributed by atoms with E-state index in [0.717, 1.165) is 27.6 Å². The summed E-state index contributed by atoms with van der Waals surface area (Å²) < 4.78 is 19.3. The van der Waals surface area contributed by atoms with Crippen molar-refractivity contribution in [1.29, 1.82) is 0 Å². The Hall–Kier alpha value is -5.02. The zero-order valence-corrected chi connectivity index (χ0v) is 27.1. The van der Waals surface area contributed by atoms with Crippen molar-refractivity contribution < 1.29 is 28.6 Å². The number of aliphatic hydroxyl groups is 1. The van der Waals surface area contributed by atoms with Crippen LogP contribution in [-0.4, -0.2) is 53.2 Å². The summed E-state index contributed by atoms with van der Waals surface area (Å²) in [5.74, 6) is -2.81. The fourth-order valence-corrected chi connectivity index (χ4v) is 5.76. The first kappa shape index (κ1) is 35.8. The van der Waals surface area contributed by atoms with Crippen LogP contribution in [0.3, 0.4) is 0 Å². The van der Waals surface area contributed by atoms with Crippen LogP contribution in [0, 0.1) is 17.7 Å². The lowest BCUT2D eigenvalue weighted by atomic mass is 9.96. The Balaban J connectivity index is 1.45. The minimum absolute atomic E-state index is 0.0994. The molecule has 1 heterocycles. The molecule has 0 bridgehead atoms. The summed E-state index contributed by atoms with van der Waals surface area (Å²) in [5, 5.41) is 16.8. The maximum atomic E-state index is 13.7. The van der Waals surface area contributed by atoms with Crippen molar-refractivity contribution >= 4 is 28.7 Å². The van der Waals surface area contributed by atoms with Gasteiger partial charge in [-0.25, -0.2) is 4.39 Å². The van der Waals surface area contributed by atoms with Gasteiger partial charge in [0.15, 0.2) is 0 Å². The number of halogens is 1. The van der Waals surface area contributed by atoms with Crippen LogP contribution in [0.2, 0.25) is 0 Å². The van der Waals surface area contributed by atoms with Crippen molar-refractivity contribution in [1.82, 2.24) is 15.6 Å². The minimum Gasteiger partial charge on any atom is -0.463 e. The van der Waals surface area contributed by atoms with E-state index in [2.05, 4.69) is 28.8 Å². The number of hydrogen-bond donors (Lipinski definition) is 4. The zero-order valence-electron chi connectivity index (χ0n) is 27.1. The summed E-state index contributed by atoms with van der Waals surface area (Å²) in [6.07, 6.45) is 6.78. The van der Waals surface area contributed by atoms with Gasteiger partial charge < -0.3 is 25.5 Å². The number of hydrogen-bond acceptors (Lipinski definition) is 5. The van der Waals surface area contributed by atoms with E-state index < -0.39 is 29.9 Å². The molecule has 4 aromatic rings. The number of nitrogens with one attached hydrogen (secondary N) is 3. The van der Waals surface area contributed by atoms with E-state index >= 15 is 0 Å². The average Bonchev–Trinajstić information content (AvgIpc) is 3.50. The Morgan fingerprint density at radius 1 is 0.812 bits per heavy atom. The number of benzene rings is 3. The highest BCUT2D eigenvalue weighted by Gasteiger charge is 2.27. The normalized spacial score (nSPS) is 13.5. The number of allylic oxidation sites excluding steroid dienone is 2. The molecule has 0 aliphatic heterocycles. The molecule has 8 nitrogen and oxygen atoms in total. The highest BCUT2D eigenvalue weighted by atomic mass is 19.1. The SMILES string of the molecule is C=CC[C@@H](CC(=O)N[C@H](CO)Cc1ccccc1)C(=O)N[C@@H](COC(=O)[C@@H](CC=C)Cc1ccc(F)cc1)Cc1c[nH]c2ccccc12. The maximum Gasteiger partial charge on any atom is 0.309 e. The van der Waals surface area contributed by atoms with Crippen LogP contribution in [0.15, 0.2) is 110 Å². The number of amides is 2. The van der Waals surface area contributed by atoms with Gasteiger partial charge in [0.2, 0.25) is 11.8 Å². The fourth-order valence-electron chi connectivity index (χ4n) is 5.76. The van der Waals surface area contributed by atoms with Crippen LogP contribution in [0.4, 0.5) is 4.39 Å². The van der Waals surface area contributed by atoms with Gasteiger partial charge in [-0.05, 0) is 67.0 Å². The Kier molecular flexibility index (Phi) is 13.7. The number of aliphatic hydroxyl groups excluding tert-OH is 1. The minimum atomic E-state index is -0.730. The Morgan fingerprint density at radius 2 is 1.48 bits per heavy atom. The Bertz CT molecular complexity index is 1650. The first-order valence-electron chi connectivity index (χ1n) is 16.2. The molecule has 4 rings (SSSR count). The van der Waals surface area contributed by atoms with E-state index in [1.165, 1.54) is 12.1 Å². The predicted octanol–water partition coefficient (Wildman–Crippen LogP) is 5.61. The van der Waals surface area contributed by atoms with E-state index in [-0.39, 0.29) is 43.7 Å². The second-order valence-corrected chi connectivity index (χ2v) is 12.0. The monoisotopic (exact) mass is 653 g/mol. The molecule has 9 heteroatoms. The molecule has 0 saturated carbocycles. The molecule has 2 amide bonds. The zero-order chi connectivity index (χ0) is 34.3. The number of rotatable bonds is 19. The lowest BCUT2D eigenvalue weighted by molar-refractivity contribution is -0.149. The Morgan fingerprint density at radius 3 is 2.19 bits per heavy atom. The summed E-state index contributed by atoms with van der Waals surface area (Å²) >= 11 is 0. The van der Waals surface area contributed by atoms with Crippen molar-refractivity contribution in [2.75, 3.05) is 13.2 Å². The molecule has 0 fully saturated rings. The summed E-state index contributed by atoms with van der Waals surface area (Å²) in [6, 6.07) is 22.2. The number of para-hydroxylation sites is 1. The topological polar surface area (TPSA) is 121 Å². The predicted molar refractivity (Wildman–Crippen MR) is 185 cm³/mol. The fraction of sp³-hybridized carbons (Fsp3) is 0.308. The van der Waals surface area contributed by atoms with E-state index in [0.29, 0.717) is 25.7 Å². The first-order valence-corrected chi connectivity index (χ1v) is 16.2. The van der Waals surface area contributed by atoms with Crippen LogP contribution in [-0.2, 0) is 38.4 Å². The quantitative estimate of drug-likeness (QED) is 0.0775. The van der Waals surface area contributed by atoms with Crippen LogP contribution in [0.5, 0.6) is 0 Å². The van der Waals surface area contributed by atoms with Crippen LogP contribution in [0.1, 0.15) is 36.0 Å². The second-order valence-electron chi connectivity index (χ2n) is 12.0. The number of fused-ring (bicyclic) bond motifs is 1. The van der Waals surface area contributed by atoms with Crippen molar-refractivity contribution in [3.8, 4) is 0 Å². The highest BCUT2D eigenvalue weighted by Crippen LogP contribution is 2.21. The van der Waals surface area contributed by atoms with E-state index in [4.69, 9.17) is 4.74 Å². The third-order valence-electron chi connectivity index (χ3n) is 8.26. The molecule has 0 saturated heterocycles. The summed E-state index contributed by atoms with van der Waals surface area (Å²) in [6.45, 7) is 7.21. The van der Waals surface area contributed by atoms with Gasteiger partial charge in [0.25, 0.3) is 0 Å². The van der Waals surface area contributed by atoms with E-state index in [1.807, 2.05) is 60.8 Å². The van der Waals surface area contributed by atoms with E-state index in [1.54, 1.807) is 24.3 Å². The Labute approximate surface area is 281 Å². The van der Waals surface area contributed by atoms with Crippen molar-refractivity contribution in [2.45, 2.75) is 50.6 Å². The smallest absolute Gasteiger partial charge is 0.309 e. The second kappa shape index (κ2) is 18.4. The largest absolute Gasteiger partial charge is 0.463 e. The standard InChI is InChI=1S/C39H44FN3O5/c1-3-10-29(23-37(45)42-33(25-44)21-27-12-6-5-7-13-27)38(46)43-34(22-31-24-41-36-15-9-8-14-35(31)36)26-48-39(47)30(11-4-2)20-28-16-18-32(40)19-17-28/h3-9,12-19,24,29-30,33-34,41,44H,1-2,10-11,20-23,25-26H2,(H,42,45)(H,43,46)/t29-,30-,33-,34+/m0/s1. The molecular weight excluding hydrogens is 609 g/mol. The van der Waals surface area contributed by atoms with E-state index in [9.17, 15) is 23.9 Å². The molecule has 0 unspecified atom stereocenters. The number of ether oxygens (including phenoxy) is 1. The number of carbonyl (C=O) groups is 3. The molecular formula is C39H44FN3O5. The number of carbonyl (C=O) groups excluding carboxylic acids is 3. The molecule has 1 aromatic heterocycles. The first-order chi connectivity index (χ1) is 23.3. The summed E-state index contributed by atoms with van der Waals surface area (Å²) in [4.78, 5) is 43.3. The van der Waals surface area contributed by atoms with Gasteiger partial charge in [-0.2, -0.15) is 0 Å². The molecule has 4 N–H and O–H groups in total. The van der Waals surface area contributed by atoms with Gasteiger partial charge in [0, 0.05) is 23.5 Å².